The standard InChI is InChI=1S/C18H17N3OS/c1-13(18(22)21-19-12-15-8-5-11-23-15)20-17-10-4-7-14-6-2-3-9-16(14)17/h2-13,20H,1H3,(H,21,22)/b19-12-/t13-/m0/s1. The lowest BCUT2D eigenvalue weighted by Crippen LogP contribution is -2.34. The van der Waals surface area contributed by atoms with Gasteiger partial charge in [0.1, 0.15) is 6.04 Å². The third-order valence-corrected chi connectivity index (χ3v) is 4.27. The van der Waals surface area contributed by atoms with Crippen LogP contribution in [0, 0.1) is 0 Å². The molecular formula is C18H17N3OS. The number of fused-ring (bicyclic) bond motifs is 1. The SMILES string of the molecule is C[C@H](Nc1cccc2ccccc12)C(=O)N/N=C\c1cccs1. The molecule has 0 aliphatic carbocycles. The van der Waals surface area contributed by atoms with Gasteiger partial charge in [-0.05, 0) is 29.8 Å². The maximum Gasteiger partial charge on any atom is 0.262 e. The van der Waals surface area contributed by atoms with Gasteiger partial charge in [-0.1, -0.05) is 42.5 Å². The smallest absolute Gasteiger partial charge is 0.262 e. The number of hydrazone groups is 1. The minimum Gasteiger partial charge on any atom is -0.373 e. The molecule has 0 bridgehead atoms. The summed E-state index contributed by atoms with van der Waals surface area (Å²) in [7, 11) is 0. The Labute approximate surface area is 138 Å². The highest BCUT2D eigenvalue weighted by atomic mass is 32.1. The van der Waals surface area contributed by atoms with E-state index in [0.29, 0.717) is 0 Å². The number of hydrogen-bond acceptors (Lipinski definition) is 4. The molecule has 1 amide bonds. The lowest BCUT2D eigenvalue weighted by molar-refractivity contribution is -0.121. The van der Waals surface area contributed by atoms with E-state index in [9.17, 15) is 4.79 Å². The Morgan fingerprint density at radius 3 is 2.78 bits per heavy atom. The Hall–Kier alpha value is -2.66. The van der Waals surface area contributed by atoms with Gasteiger partial charge in [-0.3, -0.25) is 4.79 Å². The number of nitrogens with one attached hydrogen (secondary N) is 2. The van der Waals surface area contributed by atoms with Crippen molar-refractivity contribution in [2.24, 2.45) is 5.10 Å². The van der Waals surface area contributed by atoms with Crippen molar-refractivity contribution in [1.82, 2.24) is 5.43 Å². The van der Waals surface area contributed by atoms with E-state index in [1.165, 1.54) is 0 Å². The van der Waals surface area contributed by atoms with Crippen LogP contribution in [-0.4, -0.2) is 18.2 Å². The number of carbonyl (C=O) groups excluding carboxylic acids is 1. The van der Waals surface area contributed by atoms with Crippen molar-refractivity contribution >= 4 is 39.9 Å². The molecule has 0 radical (unpaired) electrons. The topological polar surface area (TPSA) is 53.5 Å². The Kier molecular flexibility index (Phi) is 4.68. The van der Waals surface area contributed by atoms with Crippen LogP contribution in [0.2, 0.25) is 0 Å². The Bertz CT molecular complexity index is 822. The molecule has 1 heterocycles. The highest BCUT2D eigenvalue weighted by Crippen LogP contribution is 2.23. The third kappa shape index (κ3) is 3.76. The van der Waals surface area contributed by atoms with Gasteiger partial charge in [0.15, 0.2) is 0 Å². The molecule has 5 heteroatoms. The molecule has 2 N–H and O–H groups in total. The first-order valence-electron chi connectivity index (χ1n) is 7.35. The molecule has 1 aromatic heterocycles. The minimum atomic E-state index is -0.388. The second kappa shape index (κ2) is 7.07. The van der Waals surface area contributed by atoms with Crippen LogP contribution in [0.3, 0.4) is 0 Å². The highest BCUT2D eigenvalue weighted by molar-refractivity contribution is 7.11. The van der Waals surface area contributed by atoms with Crippen molar-refractivity contribution in [3.63, 3.8) is 0 Å². The molecule has 0 aliphatic heterocycles. The van der Waals surface area contributed by atoms with Crippen molar-refractivity contribution < 1.29 is 4.79 Å². The average Bonchev–Trinajstić information content (AvgIpc) is 3.08. The van der Waals surface area contributed by atoms with Crippen molar-refractivity contribution in [3.8, 4) is 0 Å². The van der Waals surface area contributed by atoms with Gasteiger partial charge in [-0.15, -0.1) is 11.3 Å². The van der Waals surface area contributed by atoms with Crippen molar-refractivity contribution in [1.29, 1.82) is 0 Å². The van der Waals surface area contributed by atoms with E-state index in [4.69, 9.17) is 0 Å². The van der Waals surface area contributed by atoms with Gasteiger partial charge in [0.2, 0.25) is 0 Å². The van der Waals surface area contributed by atoms with Crippen LogP contribution in [0.25, 0.3) is 10.8 Å². The number of anilines is 1. The predicted molar refractivity (Wildman–Crippen MR) is 97.1 cm³/mol. The van der Waals surface area contributed by atoms with Gasteiger partial charge >= 0.3 is 0 Å². The van der Waals surface area contributed by atoms with Crippen molar-refractivity contribution in [2.45, 2.75) is 13.0 Å². The normalized spacial score (nSPS) is 12.4. The van der Waals surface area contributed by atoms with Gasteiger partial charge in [-0.25, -0.2) is 5.43 Å². The molecule has 4 nitrogen and oxygen atoms in total. The van der Waals surface area contributed by atoms with Crippen molar-refractivity contribution in [3.05, 3.63) is 64.9 Å². The summed E-state index contributed by atoms with van der Waals surface area (Å²) in [5.41, 5.74) is 3.50. The average molecular weight is 323 g/mol. The fourth-order valence-electron chi connectivity index (χ4n) is 2.27. The first-order valence-corrected chi connectivity index (χ1v) is 8.23. The molecule has 0 saturated carbocycles. The monoisotopic (exact) mass is 323 g/mol. The lowest BCUT2D eigenvalue weighted by Gasteiger charge is -2.15. The highest BCUT2D eigenvalue weighted by Gasteiger charge is 2.12. The molecule has 0 unspecified atom stereocenters. The third-order valence-electron chi connectivity index (χ3n) is 3.46. The van der Waals surface area contributed by atoms with Gasteiger partial charge in [-0.2, -0.15) is 5.10 Å². The van der Waals surface area contributed by atoms with Crippen LogP contribution in [0.4, 0.5) is 5.69 Å². The fourth-order valence-corrected chi connectivity index (χ4v) is 2.86. The number of thiophene rings is 1. The van der Waals surface area contributed by atoms with E-state index >= 15 is 0 Å². The summed E-state index contributed by atoms with van der Waals surface area (Å²) in [5, 5.41) is 11.4. The summed E-state index contributed by atoms with van der Waals surface area (Å²) in [6.45, 7) is 1.82. The maximum atomic E-state index is 12.1. The van der Waals surface area contributed by atoms with E-state index in [1.807, 2.05) is 54.8 Å². The molecular weight excluding hydrogens is 306 g/mol. The number of benzene rings is 2. The molecule has 2 aromatic carbocycles. The fraction of sp³-hybridized carbons (Fsp3) is 0.111. The largest absolute Gasteiger partial charge is 0.373 e. The number of hydrogen-bond donors (Lipinski definition) is 2. The number of rotatable bonds is 5. The van der Waals surface area contributed by atoms with E-state index in [1.54, 1.807) is 17.6 Å². The molecule has 0 aliphatic rings. The van der Waals surface area contributed by atoms with Gasteiger partial charge in [0.25, 0.3) is 5.91 Å². The molecule has 0 saturated heterocycles. The van der Waals surface area contributed by atoms with Crippen LogP contribution >= 0.6 is 11.3 Å². The molecule has 116 valence electrons. The Balaban J connectivity index is 1.65. The maximum absolute atomic E-state index is 12.1. The molecule has 0 spiro atoms. The summed E-state index contributed by atoms with van der Waals surface area (Å²) in [4.78, 5) is 13.1. The van der Waals surface area contributed by atoms with Crippen LogP contribution in [0.15, 0.2) is 65.1 Å². The zero-order valence-electron chi connectivity index (χ0n) is 12.7. The van der Waals surface area contributed by atoms with Crippen LogP contribution in [0.1, 0.15) is 11.8 Å². The predicted octanol–water partition coefficient (Wildman–Crippen LogP) is 3.85. The van der Waals surface area contributed by atoms with E-state index in [-0.39, 0.29) is 11.9 Å². The first-order chi connectivity index (χ1) is 11.2. The molecule has 23 heavy (non-hydrogen) atoms. The summed E-state index contributed by atoms with van der Waals surface area (Å²) in [5.74, 6) is -0.175. The molecule has 3 aromatic rings. The Morgan fingerprint density at radius 1 is 1.13 bits per heavy atom. The van der Waals surface area contributed by atoms with Crippen molar-refractivity contribution in [2.75, 3.05) is 5.32 Å². The van der Waals surface area contributed by atoms with Gasteiger partial charge < -0.3 is 5.32 Å². The zero-order valence-corrected chi connectivity index (χ0v) is 13.5. The minimum absolute atomic E-state index is 0.175. The zero-order chi connectivity index (χ0) is 16.1. The summed E-state index contributed by atoms with van der Waals surface area (Å²) < 4.78 is 0. The number of nitrogens with zero attached hydrogens (tertiary/aromatic N) is 1. The first kappa shape index (κ1) is 15.2. The van der Waals surface area contributed by atoms with E-state index in [0.717, 1.165) is 21.3 Å². The quantitative estimate of drug-likeness (QED) is 0.553. The summed E-state index contributed by atoms with van der Waals surface area (Å²) >= 11 is 1.57. The Morgan fingerprint density at radius 2 is 1.96 bits per heavy atom. The van der Waals surface area contributed by atoms with E-state index < -0.39 is 0 Å². The second-order valence-corrected chi connectivity index (χ2v) is 6.12. The lowest BCUT2D eigenvalue weighted by atomic mass is 10.1. The van der Waals surface area contributed by atoms with Crippen LogP contribution in [-0.2, 0) is 4.79 Å². The van der Waals surface area contributed by atoms with Gasteiger partial charge in [0.05, 0.1) is 6.21 Å². The van der Waals surface area contributed by atoms with E-state index in [2.05, 4.69) is 28.0 Å². The molecule has 0 fully saturated rings. The molecule has 3 rings (SSSR count). The van der Waals surface area contributed by atoms with Crippen LogP contribution in [0.5, 0.6) is 0 Å². The van der Waals surface area contributed by atoms with Crippen LogP contribution < -0.4 is 10.7 Å². The van der Waals surface area contributed by atoms with Gasteiger partial charge in [0, 0.05) is 16.0 Å². The molecule has 1 atom stereocenters. The number of carbonyl (C=O) groups is 1. The summed E-state index contributed by atoms with van der Waals surface area (Å²) in [6.07, 6.45) is 1.65. The number of amides is 1. The summed E-state index contributed by atoms with van der Waals surface area (Å²) in [6, 6.07) is 17.6. The second-order valence-electron chi connectivity index (χ2n) is 5.14.